The van der Waals surface area contributed by atoms with Crippen molar-refractivity contribution in [3.05, 3.63) is 59.8 Å². The van der Waals surface area contributed by atoms with Gasteiger partial charge in [-0.05, 0) is 23.6 Å². The minimum Gasteiger partial charge on any atom is -0.384 e. The molecule has 1 aromatic heterocycles. The molecule has 0 fully saturated rings. The molecule has 0 aliphatic carbocycles. The van der Waals surface area contributed by atoms with Crippen LogP contribution in [0.3, 0.4) is 0 Å². The summed E-state index contributed by atoms with van der Waals surface area (Å²) >= 11 is 0. The molecule has 0 bridgehead atoms. The van der Waals surface area contributed by atoms with Crippen molar-refractivity contribution >= 4 is 11.7 Å². The number of hydrogen-bond acceptors (Lipinski definition) is 3. The molecule has 4 nitrogen and oxygen atoms in total. The lowest BCUT2D eigenvalue weighted by Gasteiger charge is -2.12. The molecule has 1 amide bonds. The standard InChI is InChI=1S/C15H17N3O/c1-11(12-6-3-2-4-7-12)10-17-15(19)13-8-5-9-14(16)18-13/h2-9,11H,10H2,1H3,(H2,16,18)(H,17,19). The summed E-state index contributed by atoms with van der Waals surface area (Å²) in [6.07, 6.45) is 0. The molecule has 3 N–H and O–H groups in total. The van der Waals surface area contributed by atoms with Crippen molar-refractivity contribution in [2.24, 2.45) is 0 Å². The third-order valence-corrected chi connectivity index (χ3v) is 2.94. The number of rotatable bonds is 4. The van der Waals surface area contributed by atoms with Gasteiger partial charge in [0, 0.05) is 6.54 Å². The fraction of sp³-hybridized carbons (Fsp3) is 0.200. The summed E-state index contributed by atoms with van der Waals surface area (Å²) in [6.45, 7) is 2.64. The molecule has 0 aliphatic rings. The van der Waals surface area contributed by atoms with Gasteiger partial charge in [-0.25, -0.2) is 4.98 Å². The Labute approximate surface area is 112 Å². The van der Waals surface area contributed by atoms with Crippen molar-refractivity contribution in [2.75, 3.05) is 12.3 Å². The van der Waals surface area contributed by atoms with Gasteiger partial charge in [-0.15, -0.1) is 0 Å². The highest BCUT2D eigenvalue weighted by Crippen LogP contribution is 2.13. The molecule has 0 aliphatic heterocycles. The van der Waals surface area contributed by atoms with E-state index in [9.17, 15) is 4.79 Å². The van der Waals surface area contributed by atoms with Gasteiger partial charge in [0.2, 0.25) is 0 Å². The fourth-order valence-corrected chi connectivity index (χ4v) is 1.81. The van der Waals surface area contributed by atoms with Crippen LogP contribution in [0.5, 0.6) is 0 Å². The number of carbonyl (C=O) groups excluding carboxylic acids is 1. The lowest BCUT2D eigenvalue weighted by atomic mass is 10.0. The zero-order valence-electron chi connectivity index (χ0n) is 10.8. The first-order chi connectivity index (χ1) is 9.16. The smallest absolute Gasteiger partial charge is 0.269 e. The molecular formula is C15H17N3O. The lowest BCUT2D eigenvalue weighted by Crippen LogP contribution is -2.28. The molecule has 0 radical (unpaired) electrons. The first-order valence-electron chi connectivity index (χ1n) is 6.22. The molecule has 0 spiro atoms. The van der Waals surface area contributed by atoms with Gasteiger partial charge in [-0.2, -0.15) is 0 Å². The number of pyridine rings is 1. The maximum Gasteiger partial charge on any atom is 0.269 e. The largest absolute Gasteiger partial charge is 0.384 e. The number of hydrogen-bond donors (Lipinski definition) is 2. The van der Waals surface area contributed by atoms with Crippen LogP contribution in [0.15, 0.2) is 48.5 Å². The Bertz CT molecular complexity index is 554. The number of anilines is 1. The number of nitrogen functional groups attached to an aromatic ring is 1. The molecule has 19 heavy (non-hydrogen) atoms. The topological polar surface area (TPSA) is 68.0 Å². The predicted molar refractivity (Wildman–Crippen MR) is 75.8 cm³/mol. The number of nitrogens with one attached hydrogen (secondary N) is 1. The van der Waals surface area contributed by atoms with Crippen molar-refractivity contribution in [1.82, 2.24) is 10.3 Å². The summed E-state index contributed by atoms with van der Waals surface area (Å²) in [7, 11) is 0. The number of amides is 1. The van der Waals surface area contributed by atoms with Gasteiger partial charge >= 0.3 is 0 Å². The van der Waals surface area contributed by atoms with Crippen LogP contribution >= 0.6 is 0 Å². The van der Waals surface area contributed by atoms with Crippen LogP contribution in [-0.4, -0.2) is 17.4 Å². The summed E-state index contributed by atoms with van der Waals surface area (Å²) < 4.78 is 0. The first-order valence-corrected chi connectivity index (χ1v) is 6.22. The van der Waals surface area contributed by atoms with E-state index in [0.717, 1.165) is 0 Å². The van der Waals surface area contributed by atoms with Crippen LogP contribution in [0, 0.1) is 0 Å². The van der Waals surface area contributed by atoms with E-state index in [1.54, 1.807) is 18.2 Å². The van der Waals surface area contributed by atoms with E-state index >= 15 is 0 Å². The van der Waals surface area contributed by atoms with Gasteiger partial charge in [0.15, 0.2) is 0 Å². The average Bonchev–Trinajstić information content (AvgIpc) is 2.45. The zero-order valence-corrected chi connectivity index (χ0v) is 10.8. The second kappa shape index (κ2) is 6.00. The first kappa shape index (κ1) is 13.1. The number of aromatic nitrogens is 1. The second-order valence-electron chi connectivity index (χ2n) is 4.47. The normalized spacial score (nSPS) is 11.8. The second-order valence-corrected chi connectivity index (χ2v) is 4.47. The highest BCUT2D eigenvalue weighted by atomic mass is 16.1. The molecule has 2 rings (SSSR count). The average molecular weight is 255 g/mol. The number of nitrogens with two attached hydrogens (primary N) is 1. The van der Waals surface area contributed by atoms with Crippen molar-refractivity contribution in [2.45, 2.75) is 12.8 Å². The summed E-state index contributed by atoms with van der Waals surface area (Å²) in [5.74, 6) is 0.407. The van der Waals surface area contributed by atoms with Crippen molar-refractivity contribution in [3.8, 4) is 0 Å². The Kier molecular flexibility index (Phi) is 4.13. The van der Waals surface area contributed by atoms with Crippen LogP contribution in [0.25, 0.3) is 0 Å². The minimum absolute atomic E-state index is 0.199. The molecule has 4 heteroatoms. The number of benzene rings is 1. The molecule has 98 valence electrons. The lowest BCUT2D eigenvalue weighted by molar-refractivity contribution is 0.0947. The molecule has 1 aromatic carbocycles. The Morgan fingerprint density at radius 2 is 1.95 bits per heavy atom. The molecule has 1 atom stereocenters. The van der Waals surface area contributed by atoms with Crippen LogP contribution in [0.1, 0.15) is 28.9 Å². The summed E-state index contributed by atoms with van der Waals surface area (Å²) in [4.78, 5) is 15.9. The van der Waals surface area contributed by atoms with Crippen LogP contribution in [0.2, 0.25) is 0 Å². The molecule has 0 saturated heterocycles. The third kappa shape index (κ3) is 3.55. The maximum absolute atomic E-state index is 11.9. The van der Waals surface area contributed by atoms with Gasteiger partial charge in [0.1, 0.15) is 11.5 Å². The SMILES string of the molecule is CC(CNC(=O)c1cccc(N)n1)c1ccccc1. The van der Waals surface area contributed by atoms with E-state index in [-0.39, 0.29) is 11.8 Å². The Morgan fingerprint density at radius 3 is 2.63 bits per heavy atom. The zero-order chi connectivity index (χ0) is 13.7. The maximum atomic E-state index is 11.9. The highest BCUT2D eigenvalue weighted by Gasteiger charge is 2.10. The van der Waals surface area contributed by atoms with E-state index in [4.69, 9.17) is 5.73 Å². The minimum atomic E-state index is -0.199. The number of carbonyl (C=O) groups is 1. The van der Waals surface area contributed by atoms with Gasteiger partial charge in [0.25, 0.3) is 5.91 Å². The summed E-state index contributed by atoms with van der Waals surface area (Å²) in [5, 5.41) is 2.87. The van der Waals surface area contributed by atoms with Crippen molar-refractivity contribution in [3.63, 3.8) is 0 Å². The van der Waals surface area contributed by atoms with Gasteiger partial charge in [-0.3, -0.25) is 4.79 Å². The fourth-order valence-electron chi connectivity index (χ4n) is 1.81. The number of nitrogens with zero attached hydrogens (tertiary/aromatic N) is 1. The van der Waals surface area contributed by atoms with Gasteiger partial charge < -0.3 is 11.1 Å². The Balaban J connectivity index is 1.94. The third-order valence-electron chi connectivity index (χ3n) is 2.94. The Hall–Kier alpha value is -2.36. The van der Waals surface area contributed by atoms with Gasteiger partial charge in [-0.1, -0.05) is 43.3 Å². The quantitative estimate of drug-likeness (QED) is 0.880. The summed E-state index contributed by atoms with van der Waals surface area (Å²) in [5.41, 5.74) is 7.10. The molecule has 2 aromatic rings. The predicted octanol–water partition coefficient (Wildman–Crippen LogP) is 2.20. The highest BCUT2D eigenvalue weighted by molar-refractivity contribution is 5.92. The molecule has 1 heterocycles. The van der Waals surface area contributed by atoms with Crippen molar-refractivity contribution in [1.29, 1.82) is 0 Å². The van der Waals surface area contributed by atoms with E-state index in [1.807, 2.05) is 18.2 Å². The Morgan fingerprint density at radius 1 is 1.21 bits per heavy atom. The molecule has 0 saturated carbocycles. The summed E-state index contributed by atoms with van der Waals surface area (Å²) in [6, 6.07) is 15.1. The van der Waals surface area contributed by atoms with Crippen molar-refractivity contribution < 1.29 is 4.79 Å². The molecule has 1 unspecified atom stereocenters. The van der Waals surface area contributed by atoms with Gasteiger partial charge in [0.05, 0.1) is 0 Å². The van der Waals surface area contributed by atoms with E-state index in [0.29, 0.717) is 18.1 Å². The van der Waals surface area contributed by atoms with Crippen LogP contribution in [-0.2, 0) is 0 Å². The monoisotopic (exact) mass is 255 g/mol. The van der Waals surface area contributed by atoms with Crippen LogP contribution in [0.4, 0.5) is 5.82 Å². The van der Waals surface area contributed by atoms with E-state index in [1.165, 1.54) is 5.56 Å². The van der Waals surface area contributed by atoms with Crippen LogP contribution < -0.4 is 11.1 Å². The van der Waals surface area contributed by atoms with E-state index < -0.39 is 0 Å². The van der Waals surface area contributed by atoms with E-state index in [2.05, 4.69) is 29.4 Å². The molecular weight excluding hydrogens is 238 g/mol.